The average Bonchev–Trinajstić information content (AvgIpc) is 3.35. The van der Waals surface area contributed by atoms with Crippen molar-refractivity contribution < 1.29 is 22.6 Å². The van der Waals surface area contributed by atoms with E-state index >= 15 is 0 Å². The summed E-state index contributed by atoms with van der Waals surface area (Å²) in [6.45, 7) is 0.436. The van der Waals surface area contributed by atoms with Crippen LogP contribution in [-0.2, 0) is 4.74 Å². The van der Waals surface area contributed by atoms with Gasteiger partial charge in [0.2, 0.25) is 11.8 Å². The van der Waals surface area contributed by atoms with Crippen molar-refractivity contribution in [3.05, 3.63) is 18.6 Å². The summed E-state index contributed by atoms with van der Waals surface area (Å²) in [5.74, 6) is 0.221. The van der Waals surface area contributed by atoms with Crippen LogP contribution < -0.4 is 10.1 Å². The van der Waals surface area contributed by atoms with Crippen LogP contribution in [0, 0.1) is 0 Å². The summed E-state index contributed by atoms with van der Waals surface area (Å²) in [5, 5.41) is 13.9. The predicted octanol–water partition coefficient (Wildman–Crippen LogP) is 2.62. The van der Waals surface area contributed by atoms with Crippen LogP contribution in [0.15, 0.2) is 18.6 Å². The molecule has 1 aliphatic heterocycles. The number of hydrogen-bond donors (Lipinski definition) is 2. The number of aromatic nitrogens is 6. The molecule has 0 radical (unpaired) electrons. The molecule has 0 bridgehead atoms. The number of hydrogen-bond acceptors (Lipinski definition) is 7. The van der Waals surface area contributed by atoms with Crippen molar-refractivity contribution >= 4 is 11.6 Å². The number of nitrogens with zero attached hydrogens (tertiary/aromatic N) is 5. The molecule has 0 unspecified atom stereocenters. The molecule has 0 aromatic carbocycles. The highest BCUT2D eigenvalue weighted by Crippen LogP contribution is 2.43. The summed E-state index contributed by atoms with van der Waals surface area (Å²) in [5.41, 5.74) is -0.410. The van der Waals surface area contributed by atoms with E-state index in [0.29, 0.717) is 36.4 Å². The maximum Gasteiger partial charge on any atom is 0.277 e. The van der Waals surface area contributed by atoms with Gasteiger partial charge in [0.1, 0.15) is 11.9 Å². The minimum Gasteiger partial charge on any atom is -0.463 e. The highest BCUT2D eigenvalue weighted by atomic mass is 19.3. The second-order valence-electron chi connectivity index (χ2n) is 7.56. The van der Waals surface area contributed by atoms with Crippen LogP contribution in [0.1, 0.15) is 25.7 Å². The summed E-state index contributed by atoms with van der Waals surface area (Å²) < 4.78 is 54.0. The van der Waals surface area contributed by atoms with Gasteiger partial charge < -0.3 is 14.8 Å². The van der Waals surface area contributed by atoms with E-state index in [-0.39, 0.29) is 31.3 Å². The summed E-state index contributed by atoms with van der Waals surface area (Å²) in [4.78, 5) is 8.67. The standard InChI is InChI=1S/C18H20F3N7O2/c19-11-9-29-5-2-12(11)25-17-26-13-8-22-14(10-6-23-24-7-10)15(28(13)27-17)30-18(16(20)21)3-1-4-18/h6-8,11-12,16H,1-5,9H2,(H,23,24)(H,25,27)/t11-,12+/m1/s1. The van der Waals surface area contributed by atoms with Gasteiger partial charge in [-0.3, -0.25) is 5.10 Å². The van der Waals surface area contributed by atoms with E-state index < -0.39 is 24.2 Å². The van der Waals surface area contributed by atoms with Crippen molar-refractivity contribution in [3.63, 3.8) is 0 Å². The third-order valence-corrected chi connectivity index (χ3v) is 5.61. The van der Waals surface area contributed by atoms with Gasteiger partial charge in [0.25, 0.3) is 6.43 Å². The van der Waals surface area contributed by atoms with Gasteiger partial charge in [0.05, 0.1) is 25.0 Å². The molecule has 2 atom stereocenters. The SMILES string of the molecule is FC(F)C1(Oc2c(-c3cn[nH]c3)ncc3nc(N[C@H]4CCOC[C@H]4F)nn23)CCC1. The number of fused-ring (bicyclic) bond motifs is 1. The molecule has 12 heteroatoms. The fraction of sp³-hybridized carbons (Fsp3) is 0.556. The number of anilines is 1. The molecule has 9 nitrogen and oxygen atoms in total. The molecule has 1 aliphatic carbocycles. The number of rotatable bonds is 6. The Balaban J connectivity index is 1.55. The molecular weight excluding hydrogens is 403 g/mol. The van der Waals surface area contributed by atoms with Crippen LogP contribution in [-0.4, -0.2) is 67.2 Å². The molecule has 4 heterocycles. The van der Waals surface area contributed by atoms with E-state index in [0.717, 1.165) is 0 Å². The van der Waals surface area contributed by atoms with Gasteiger partial charge in [-0.25, -0.2) is 18.2 Å². The Labute approximate surface area is 169 Å². The second kappa shape index (κ2) is 7.42. The van der Waals surface area contributed by atoms with Gasteiger partial charge in [0, 0.05) is 18.4 Å². The second-order valence-corrected chi connectivity index (χ2v) is 7.56. The highest BCUT2D eigenvalue weighted by Gasteiger charge is 2.49. The van der Waals surface area contributed by atoms with E-state index in [4.69, 9.17) is 9.47 Å². The van der Waals surface area contributed by atoms with Crippen LogP contribution in [0.4, 0.5) is 19.1 Å². The number of H-pyrrole nitrogens is 1. The quantitative estimate of drug-likeness (QED) is 0.628. The summed E-state index contributed by atoms with van der Waals surface area (Å²) in [7, 11) is 0. The van der Waals surface area contributed by atoms with Gasteiger partial charge in [-0.1, -0.05) is 0 Å². The fourth-order valence-corrected chi connectivity index (χ4v) is 3.68. The zero-order valence-corrected chi connectivity index (χ0v) is 15.9. The summed E-state index contributed by atoms with van der Waals surface area (Å²) in [6, 6.07) is -0.499. The summed E-state index contributed by atoms with van der Waals surface area (Å²) >= 11 is 0. The Morgan fingerprint density at radius 2 is 2.20 bits per heavy atom. The Morgan fingerprint density at radius 3 is 2.87 bits per heavy atom. The zero-order valence-electron chi connectivity index (χ0n) is 15.9. The van der Waals surface area contributed by atoms with Crippen molar-refractivity contribution in [1.29, 1.82) is 0 Å². The maximum atomic E-state index is 14.1. The van der Waals surface area contributed by atoms with E-state index in [1.165, 1.54) is 16.9 Å². The van der Waals surface area contributed by atoms with Crippen LogP contribution in [0.25, 0.3) is 16.9 Å². The van der Waals surface area contributed by atoms with E-state index in [1.807, 2.05) is 0 Å². The number of aromatic amines is 1. The first-order valence-electron chi connectivity index (χ1n) is 9.76. The first kappa shape index (κ1) is 19.1. The van der Waals surface area contributed by atoms with E-state index in [9.17, 15) is 13.2 Å². The zero-order chi connectivity index (χ0) is 20.7. The Hall–Kier alpha value is -2.89. The number of alkyl halides is 3. The Kier molecular flexibility index (Phi) is 4.72. The van der Waals surface area contributed by atoms with Crippen LogP contribution in [0.3, 0.4) is 0 Å². The Bertz CT molecular complexity index is 1020. The van der Waals surface area contributed by atoms with Gasteiger partial charge in [-0.2, -0.15) is 14.6 Å². The minimum absolute atomic E-state index is 0.00248. The number of halogens is 3. The van der Waals surface area contributed by atoms with Gasteiger partial charge in [0.15, 0.2) is 11.2 Å². The molecule has 2 N–H and O–H groups in total. The molecule has 3 aromatic heterocycles. The van der Waals surface area contributed by atoms with E-state index in [2.05, 4.69) is 30.6 Å². The number of ether oxygens (including phenoxy) is 2. The highest BCUT2D eigenvalue weighted by molar-refractivity contribution is 5.65. The summed E-state index contributed by atoms with van der Waals surface area (Å²) in [6.07, 6.45) is 2.29. The lowest BCUT2D eigenvalue weighted by molar-refractivity contribution is -0.126. The molecule has 1 saturated carbocycles. The lowest BCUT2D eigenvalue weighted by Gasteiger charge is -2.40. The van der Waals surface area contributed by atoms with Crippen LogP contribution in [0.5, 0.6) is 5.88 Å². The lowest BCUT2D eigenvalue weighted by Crippen LogP contribution is -2.50. The molecule has 0 amide bonds. The smallest absolute Gasteiger partial charge is 0.277 e. The molecule has 160 valence electrons. The molecule has 2 aliphatic rings. The fourth-order valence-electron chi connectivity index (χ4n) is 3.68. The first-order chi connectivity index (χ1) is 14.6. The third-order valence-electron chi connectivity index (χ3n) is 5.61. The lowest BCUT2D eigenvalue weighted by atomic mass is 9.80. The van der Waals surface area contributed by atoms with Gasteiger partial charge >= 0.3 is 0 Å². The number of nitrogens with one attached hydrogen (secondary N) is 2. The molecule has 0 spiro atoms. The van der Waals surface area contributed by atoms with Gasteiger partial charge in [-0.05, 0) is 25.7 Å². The maximum absolute atomic E-state index is 14.1. The van der Waals surface area contributed by atoms with E-state index in [1.54, 1.807) is 6.20 Å². The minimum atomic E-state index is -2.66. The van der Waals surface area contributed by atoms with Crippen LogP contribution >= 0.6 is 0 Å². The van der Waals surface area contributed by atoms with Crippen molar-refractivity contribution in [2.45, 2.75) is 49.9 Å². The topological polar surface area (TPSA) is 102 Å². The molecular formula is C18H20F3N7O2. The average molecular weight is 423 g/mol. The van der Waals surface area contributed by atoms with Crippen LogP contribution in [0.2, 0.25) is 0 Å². The molecule has 5 rings (SSSR count). The molecule has 30 heavy (non-hydrogen) atoms. The third kappa shape index (κ3) is 3.24. The Morgan fingerprint density at radius 1 is 1.33 bits per heavy atom. The largest absolute Gasteiger partial charge is 0.463 e. The van der Waals surface area contributed by atoms with Gasteiger partial charge in [-0.15, -0.1) is 5.10 Å². The first-order valence-corrected chi connectivity index (χ1v) is 9.76. The molecule has 1 saturated heterocycles. The van der Waals surface area contributed by atoms with Crippen molar-refractivity contribution in [2.24, 2.45) is 0 Å². The van der Waals surface area contributed by atoms with Crippen molar-refractivity contribution in [3.8, 4) is 17.1 Å². The van der Waals surface area contributed by atoms with Crippen molar-refractivity contribution in [2.75, 3.05) is 18.5 Å². The normalized spacial score (nSPS) is 23.5. The predicted molar refractivity (Wildman–Crippen MR) is 99.3 cm³/mol. The molecule has 3 aromatic rings. The monoisotopic (exact) mass is 423 g/mol. The molecule has 2 fully saturated rings. The van der Waals surface area contributed by atoms with Crippen molar-refractivity contribution in [1.82, 2.24) is 29.8 Å².